The predicted molar refractivity (Wildman–Crippen MR) is 169 cm³/mol. The smallest absolute Gasteiger partial charge is 0.410 e. The molecule has 12 nitrogen and oxygen atoms in total. The number of aromatic amines is 1. The van der Waals surface area contributed by atoms with Gasteiger partial charge in [0.05, 0.1) is 18.4 Å². The van der Waals surface area contributed by atoms with Gasteiger partial charge in [0, 0.05) is 48.5 Å². The molecule has 0 aliphatic carbocycles. The van der Waals surface area contributed by atoms with Crippen molar-refractivity contribution < 1.29 is 14.3 Å². The second-order valence-electron chi connectivity index (χ2n) is 12.5. The van der Waals surface area contributed by atoms with Gasteiger partial charge in [0.1, 0.15) is 16.8 Å². The summed E-state index contributed by atoms with van der Waals surface area (Å²) in [6.07, 6.45) is 4.79. The lowest BCUT2D eigenvalue weighted by Crippen LogP contribution is -2.43. The van der Waals surface area contributed by atoms with Crippen molar-refractivity contribution in [2.24, 2.45) is 0 Å². The molecule has 0 saturated carbocycles. The number of aromatic nitrogens is 6. The van der Waals surface area contributed by atoms with Crippen molar-refractivity contribution in [3.63, 3.8) is 0 Å². The molecule has 13 heteroatoms. The minimum absolute atomic E-state index is 0.0379. The molecular formula is C32H33ClN8O4. The molecule has 1 fully saturated rings. The predicted octanol–water partition coefficient (Wildman–Crippen LogP) is 4.88. The summed E-state index contributed by atoms with van der Waals surface area (Å²) in [7, 11) is 0. The summed E-state index contributed by atoms with van der Waals surface area (Å²) in [4.78, 5) is 59.9. The third kappa shape index (κ3) is 5.33. The Morgan fingerprint density at radius 1 is 1.02 bits per heavy atom. The number of nitrogens with one attached hydrogen (secondary N) is 1. The summed E-state index contributed by atoms with van der Waals surface area (Å²) in [5, 5.41) is 1.14. The zero-order valence-corrected chi connectivity index (χ0v) is 26.0. The highest BCUT2D eigenvalue weighted by Crippen LogP contribution is 2.29. The van der Waals surface area contributed by atoms with Gasteiger partial charge in [-0.25, -0.2) is 19.6 Å². The fraction of sp³-hybridized carbons (Fsp3) is 0.375. The SMILES string of the molecule is CC(C)(C)OC(=O)N1CCC(n2c(=O)n(-c3ccc(C(=O)N4CCc5c([nH]c6ncccc56)C4)cc3)c3cnc(Cl)nc32)CC1. The first kappa shape index (κ1) is 29.0. The molecule has 232 valence electrons. The average Bonchev–Trinajstić information content (AvgIpc) is 3.53. The number of benzene rings is 1. The quantitative estimate of drug-likeness (QED) is 0.282. The number of piperidine rings is 1. The molecule has 1 N–H and O–H groups in total. The summed E-state index contributed by atoms with van der Waals surface area (Å²) in [6.45, 7) is 7.48. The van der Waals surface area contributed by atoms with Crippen LogP contribution >= 0.6 is 11.6 Å². The van der Waals surface area contributed by atoms with Crippen LogP contribution in [0.2, 0.25) is 5.28 Å². The number of hydrogen-bond donors (Lipinski definition) is 1. The molecule has 4 aromatic heterocycles. The van der Waals surface area contributed by atoms with Crippen LogP contribution in [-0.4, -0.2) is 76.1 Å². The van der Waals surface area contributed by atoms with Gasteiger partial charge in [-0.1, -0.05) is 0 Å². The number of fused-ring (bicyclic) bond motifs is 4. The van der Waals surface area contributed by atoms with E-state index in [9.17, 15) is 14.4 Å². The Morgan fingerprint density at radius 3 is 2.51 bits per heavy atom. The van der Waals surface area contributed by atoms with Crippen molar-refractivity contribution >= 4 is 45.8 Å². The van der Waals surface area contributed by atoms with Crippen LogP contribution in [0.15, 0.2) is 53.6 Å². The van der Waals surface area contributed by atoms with Gasteiger partial charge < -0.3 is 19.5 Å². The second-order valence-corrected chi connectivity index (χ2v) is 12.9. The van der Waals surface area contributed by atoms with Crippen molar-refractivity contribution in [2.75, 3.05) is 19.6 Å². The Bertz CT molecular complexity index is 2000. The molecular weight excluding hydrogens is 596 g/mol. The summed E-state index contributed by atoms with van der Waals surface area (Å²) < 4.78 is 8.72. The minimum Gasteiger partial charge on any atom is -0.444 e. The topological polar surface area (TPSA) is 131 Å². The lowest BCUT2D eigenvalue weighted by molar-refractivity contribution is 0.0188. The third-order valence-electron chi connectivity index (χ3n) is 8.48. The number of nitrogens with zero attached hydrogens (tertiary/aromatic N) is 7. The maximum absolute atomic E-state index is 14.0. The number of H-pyrrole nitrogens is 1. The van der Waals surface area contributed by atoms with E-state index in [0.717, 1.165) is 23.1 Å². The molecule has 7 rings (SSSR count). The van der Waals surface area contributed by atoms with Gasteiger partial charge in [-0.15, -0.1) is 0 Å². The molecule has 1 saturated heterocycles. The van der Waals surface area contributed by atoms with Gasteiger partial charge >= 0.3 is 11.8 Å². The van der Waals surface area contributed by atoms with Crippen LogP contribution < -0.4 is 5.69 Å². The number of hydrogen-bond acceptors (Lipinski definition) is 7. The molecule has 45 heavy (non-hydrogen) atoms. The maximum Gasteiger partial charge on any atom is 0.410 e. The van der Waals surface area contributed by atoms with Crippen molar-refractivity contribution in [1.29, 1.82) is 0 Å². The van der Waals surface area contributed by atoms with Gasteiger partial charge in [-0.2, -0.15) is 4.98 Å². The molecule has 2 amide bonds. The normalized spacial score (nSPS) is 15.9. The number of carbonyl (C=O) groups is 2. The minimum atomic E-state index is -0.585. The zero-order valence-electron chi connectivity index (χ0n) is 25.3. The Hall–Kier alpha value is -4.71. The molecule has 0 bridgehead atoms. The molecule has 0 unspecified atom stereocenters. The van der Waals surface area contributed by atoms with Crippen LogP contribution in [0.25, 0.3) is 27.9 Å². The largest absolute Gasteiger partial charge is 0.444 e. The van der Waals surface area contributed by atoms with E-state index in [2.05, 4.69) is 26.0 Å². The van der Waals surface area contributed by atoms with Crippen LogP contribution in [0.5, 0.6) is 0 Å². The molecule has 2 aliphatic rings. The number of likely N-dealkylation sites (tertiary alicyclic amines) is 1. The summed E-state index contributed by atoms with van der Waals surface area (Å²) >= 11 is 6.18. The monoisotopic (exact) mass is 628 g/mol. The standard InChI is InChI=1S/C32H33ClN8O4/c1-32(2,3)45-31(44)38-14-10-21(11-15-38)41-27-25(17-35-29(33)37-27)40(30(41)43)20-8-6-19(7-9-20)28(42)39-16-12-22-23-5-4-13-34-26(23)36-24(22)18-39/h4-9,13,17,21H,10-12,14-16,18H2,1-3H3,(H,34,36). The Balaban J connectivity index is 1.13. The average molecular weight is 629 g/mol. The van der Waals surface area contributed by atoms with Crippen LogP contribution in [0.4, 0.5) is 4.79 Å². The lowest BCUT2D eigenvalue weighted by atomic mass is 10.0. The van der Waals surface area contributed by atoms with Crippen LogP contribution in [0.3, 0.4) is 0 Å². The number of amides is 2. The highest BCUT2D eigenvalue weighted by molar-refractivity contribution is 6.28. The number of pyridine rings is 1. The van der Waals surface area contributed by atoms with Crippen LogP contribution in [0.1, 0.15) is 61.3 Å². The number of ether oxygens (including phenoxy) is 1. The number of imidazole rings is 1. The van der Waals surface area contributed by atoms with E-state index in [0.29, 0.717) is 61.4 Å². The summed E-state index contributed by atoms with van der Waals surface area (Å²) in [6, 6.07) is 10.8. The molecule has 5 aromatic rings. The van der Waals surface area contributed by atoms with Gasteiger partial charge in [0.25, 0.3) is 5.91 Å². The Labute approximate surface area is 263 Å². The Morgan fingerprint density at radius 2 is 1.78 bits per heavy atom. The summed E-state index contributed by atoms with van der Waals surface area (Å²) in [5.74, 6) is -0.0829. The van der Waals surface area contributed by atoms with E-state index in [1.807, 2.05) is 31.7 Å². The van der Waals surface area contributed by atoms with Gasteiger partial charge in [-0.3, -0.25) is 13.9 Å². The molecule has 2 aliphatic heterocycles. The molecule has 0 spiro atoms. The fourth-order valence-electron chi connectivity index (χ4n) is 6.37. The van der Waals surface area contributed by atoms with Gasteiger partial charge in [-0.05, 0) is 93.6 Å². The number of carbonyl (C=O) groups excluding carboxylic acids is 2. The van der Waals surface area contributed by atoms with E-state index in [-0.39, 0.29) is 29.0 Å². The third-order valence-corrected chi connectivity index (χ3v) is 8.66. The van der Waals surface area contributed by atoms with Gasteiger partial charge in [0.2, 0.25) is 5.28 Å². The second kappa shape index (κ2) is 11.0. The van der Waals surface area contributed by atoms with E-state index in [1.54, 1.807) is 44.5 Å². The number of halogens is 1. The highest BCUT2D eigenvalue weighted by Gasteiger charge is 2.31. The van der Waals surface area contributed by atoms with E-state index in [1.165, 1.54) is 11.8 Å². The first-order chi connectivity index (χ1) is 21.6. The lowest BCUT2D eigenvalue weighted by Gasteiger charge is -2.33. The Kier molecular flexibility index (Phi) is 7.11. The van der Waals surface area contributed by atoms with Crippen molar-refractivity contribution in [1.82, 2.24) is 38.9 Å². The molecule has 0 radical (unpaired) electrons. The highest BCUT2D eigenvalue weighted by atomic mass is 35.5. The summed E-state index contributed by atoms with van der Waals surface area (Å²) in [5.41, 5.74) is 4.24. The van der Waals surface area contributed by atoms with Crippen LogP contribution in [-0.2, 0) is 17.7 Å². The van der Waals surface area contributed by atoms with Crippen molar-refractivity contribution in [2.45, 2.75) is 58.2 Å². The van der Waals surface area contributed by atoms with Crippen molar-refractivity contribution in [3.05, 3.63) is 81.4 Å². The zero-order chi connectivity index (χ0) is 31.5. The number of rotatable bonds is 3. The molecule has 6 heterocycles. The van der Waals surface area contributed by atoms with E-state index >= 15 is 0 Å². The van der Waals surface area contributed by atoms with E-state index in [4.69, 9.17) is 16.3 Å². The first-order valence-corrected chi connectivity index (χ1v) is 15.4. The maximum atomic E-state index is 14.0. The first-order valence-electron chi connectivity index (χ1n) is 15.0. The van der Waals surface area contributed by atoms with Gasteiger partial charge in [0.15, 0.2) is 5.65 Å². The molecule has 1 aromatic carbocycles. The van der Waals surface area contributed by atoms with Crippen molar-refractivity contribution in [3.8, 4) is 5.69 Å². The molecule has 0 atom stereocenters. The van der Waals surface area contributed by atoms with E-state index < -0.39 is 5.60 Å². The fourth-order valence-corrected chi connectivity index (χ4v) is 6.50. The van der Waals surface area contributed by atoms with Crippen LogP contribution in [0, 0.1) is 0 Å².